The lowest BCUT2D eigenvalue weighted by molar-refractivity contribution is -0.132. The summed E-state index contributed by atoms with van der Waals surface area (Å²) in [6.07, 6.45) is 0.359. The van der Waals surface area contributed by atoms with Gasteiger partial charge in [0.25, 0.3) is 5.91 Å². The van der Waals surface area contributed by atoms with Crippen molar-refractivity contribution >= 4 is 17.6 Å². The van der Waals surface area contributed by atoms with Gasteiger partial charge in [-0.15, -0.1) is 0 Å². The molecule has 6 nitrogen and oxygen atoms in total. The van der Waals surface area contributed by atoms with E-state index in [0.717, 1.165) is 5.56 Å². The van der Waals surface area contributed by atoms with Gasteiger partial charge < -0.3 is 14.9 Å². The van der Waals surface area contributed by atoms with Gasteiger partial charge in [-0.2, -0.15) is 0 Å². The number of amides is 2. The van der Waals surface area contributed by atoms with E-state index in [9.17, 15) is 19.5 Å². The quantitative estimate of drug-likeness (QED) is 0.809. The molecule has 3 rings (SSSR count). The van der Waals surface area contributed by atoms with E-state index < -0.39 is 0 Å². The van der Waals surface area contributed by atoms with Gasteiger partial charge in [0.1, 0.15) is 5.75 Å². The maximum absolute atomic E-state index is 12.5. The van der Waals surface area contributed by atoms with Gasteiger partial charge in [0, 0.05) is 50.1 Å². The van der Waals surface area contributed by atoms with Crippen LogP contribution >= 0.6 is 0 Å². The van der Waals surface area contributed by atoms with Crippen molar-refractivity contribution in [2.45, 2.75) is 19.8 Å². The second-order valence-corrected chi connectivity index (χ2v) is 7.01. The van der Waals surface area contributed by atoms with E-state index in [-0.39, 0.29) is 36.2 Å². The second-order valence-electron chi connectivity index (χ2n) is 7.01. The number of rotatable bonds is 5. The molecule has 28 heavy (non-hydrogen) atoms. The fourth-order valence-electron chi connectivity index (χ4n) is 3.24. The lowest BCUT2D eigenvalue weighted by Gasteiger charge is -2.35. The standard InChI is InChI=1S/C22H24N2O4/c1-16-5-7-17(8-6-16)20(26)9-10-21(27)23-11-13-24(14-12-23)22(28)18-3-2-4-19(25)15-18/h2-8,15,25H,9-14H2,1H3. The Balaban J connectivity index is 1.47. The average Bonchev–Trinajstić information content (AvgIpc) is 2.72. The highest BCUT2D eigenvalue weighted by molar-refractivity contribution is 5.98. The number of carbonyl (C=O) groups is 3. The van der Waals surface area contributed by atoms with Crippen LogP contribution in [0.25, 0.3) is 0 Å². The van der Waals surface area contributed by atoms with Crippen molar-refractivity contribution in [1.29, 1.82) is 0 Å². The van der Waals surface area contributed by atoms with Crippen LogP contribution < -0.4 is 0 Å². The number of phenols is 1. The van der Waals surface area contributed by atoms with Crippen molar-refractivity contribution in [3.8, 4) is 5.75 Å². The van der Waals surface area contributed by atoms with Crippen molar-refractivity contribution in [3.63, 3.8) is 0 Å². The minimum Gasteiger partial charge on any atom is -0.508 e. The smallest absolute Gasteiger partial charge is 0.254 e. The summed E-state index contributed by atoms with van der Waals surface area (Å²) in [5.74, 6) is -0.202. The third-order valence-corrected chi connectivity index (χ3v) is 4.95. The summed E-state index contributed by atoms with van der Waals surface area (Å²) in [5.41, 5.74) is 2.15. The SMILES string of the molecule is Cc1ccc(C(=O)CCC(=O)N2CCN(C(=O)c3cccc(O)c3)CC2)cc1. The van der Waals surface area contributed by atoms with Gasteiger partial charge in [-0.25, -0.2) is 0 Å². The highest BCUT2D eigenvalue weighted by Gasteiger charge is 2.25. The number of benzene rings is 2. The molecule has 1 fully saturated rings. The number of nitrogens with zero attached hydrogens (tertiary/aromatic N) is 2. The van der Waals surface area contributed by atoms with Crippen LogP contribution in [0.15, 0.2) is 48.5 Å². The van der Waals surface area contributed by atoms with E-state index in [0.29, 0.717) is 37.3 Å². The Morgan fingerprint density at radius 3 is 2.14 bits per heavy atom. The van der Waals surface area contributed by atoms with Crippen molar-refractivity contribution in [2.75, 3.05) is 26.2 Å². The van der Waals surface area contributed by atoms with Crippen LogP contribution in [0.2, 0.25) is 0 Å². The maximum atomic E-state index is 12.5. The van der Waals surface area contributed by atoms with E-state index in [1.165, 1.54) is 12.1 Å². The van der Waals surface area contributed by atoms with Crippen LogP contribution in [0.1, 0.15) is 39.1 Å². The van der Waals surface area contributed by atoms with E-state index in [1.807, 2.05) is 19.1 Å². The van der Waals surface area contributed by atoms with Gasteiger partial charge in [0.15, 0.2) is 5.78 Å². The number of aromatic hydroxyl groups is 1. The van der Waals surface area contributed by atoms with Crippen LogP contribution in [0, 0.1) is 6.92 Å². The maximum Gasteiger partial charge on any atom is 0.254 e. The van der Waals surface area contributed by atoms with E-state index in [2.05, 4.69) is 0 Å². The van der Waals surface area contributed by atoms with E-state index >= 15 is 0 Å². The molecule has 1 aliphatic heterocycles. The first kappa shape index (κ1) is 19.6. The molecule has 2 aromatic carbocycles. The number of aryl methyl sites for hydroxylation is 1. The van der Waals surface area contributed by atoms with Crippen LogP contribution in [0.5, 0.6) is 5.75 Å². The second kappa shape index (κ2) is 8.69. The van der Waals surface area contributed by atoms with Gasteiger partial charge in [0.05, 0.1) is 0 Å². The normalized spacial score (nSPS) is 14.0. The number of phenolic OH excluding ortho intramolecular Hbond substituents is 1. The molecule has 0 atom stereocenters. The summed E-state index contributed by atoms with van der Waals surface area (Å²) in [4.78, 5) is 40.5. The van der Waals surface area contributed by atoms with Crippen LogP contribution in [-0.2, 0) is 4.79 Å². The summed E-state index contributed by atoms with van der Waals surface area (Å²) >= 11 is 0. The molecule has 2 aromatic rings. The number of hydrogen-bond acceptors (Lipinski definition) is 4. The van der Waals surface area contributed by atoms with Gasteiger partial charge in [-0.05, 0) is 25.1 Å². The fraction of sp³-hybridized carbons (Fsp3) is 0.318. The van der Waals surface area contributed by atoms with Gasteiger partial charge in [0.2, 0.25) is 5.91 Å². The first-order valence-electron chi connectivity index (χ1n) is 9.40. The predicted octanol–water partition coefficient (Wildman–Crippen LogP) is 2.65. The highest BCUT2D eigenvalue weighted by Crippen LogP contribution is 2.15. The molecule has 2 amide bonds. The zero-order valence-electron chi connectivity index (χ0n) is 15.9. The first-order chi connectivity index (χ1) is 13.4. The average molecular weight is 380 g/mol. The summed E-state index contributed by atoms with van der Waals surface area (Å²) in [7, 11) is 0. The number of hydrogen-bond donors (Lipinski definition) is 1. The van der Waals surface area contributed by atoms with E-state index in [1.54, 1.807) is 34.1 Å². The minimum atomic E-state index is -0.155. The Hall–Kier alpha value is -3.15. The zero-order valence-corrected chi connectivity index (χ0v) is 15.9. The third kappa shape index (κ3) is 4.76. The molecule has 1 saturated heterocycles. The molecule has 1 aliphatic rings. The molecule has 0 aromatic heterocycles. The molecule has 0 unspecified atom stereocenters. The number of Topliss-reactive ketones (excluding diaryl/α,β-unsaturated/α-hetero) is 1. The van der Waals surface area contributed by atoms with Crippen LogP contribution in [-0.4, -0.2) is 58.7 Å². The van der Waals surface area contributed by atoms with Crippen molar-refractivity contribution in [2.24, 2.45) is 0 Å². The largest absolute Gasteiger partial charge is 0.508 e. The van der Waals surface area contributed by atoms with Crippen LogP contribution in [0.4, 0.5) is 0 Å². The molecule has 0 saturated carbocycles. The Morgan fingerprint density at radius 2 is 1.50 bits per heavy atom. The Kier molecular flexibility index (Phi) is 6.09. The summed E-state index contributed by atoms with van der Waals surface area (Å²) < 4.78 is 0. The molecule has 0 radical (unpaired) electrons. The molecular weight excluding hydrogens is 356 g/mol. The molecular formula is C22H24N2O4. The molecule has 1 N–H and O–H groups in total. The topological polar surface area (TPSA) is 77.9 Å². The van der Waals surface area contributed by atoms with Gasteiger partial charge >= 0.3 is 0 Å². The third-order valence-electron chi connectivity index (χ3n) is 4.95. The highest BCUT2D eigenvalue weighted by atomic mass is 16.3. The molecule has 0 bridgehead atoms. The van der Waals surface area contributed by atoms with Crippen LogP contribution in [0.3, 0.4) is 0 Å². The summed E-state index contributed by atoms with van der Waals surface area (Å²) in [6.45, 7) is 3.73. The van der Waals surface area contributed by atoms with Crippen molar-refractivity contribution in [1.82, 2.24) is 9.80 Å². The lowest BCUT2D eigenvalue weighted by Crippen LogP contribution is -2.50. The van der Waals surface area contributed by atoms with Crippen molar-refractivity contribution < 1.29 is 19.5 Å². The summed E-state index contributed by atoms with van der Waals surface area (Å²) in [5, 5.41) is 9.52. The lowest BCUT2D eigenvalue weighted by atomic mass is 10.0. The predicted molar refractivity (Wildman–Crippen MR) is 105 cm³/mol. The molecule has 0 aliphatic carbocycles. The first-order valence-corrected chi connectivity index (χ1v) is 9.40. The fourth-order valence-corrected chi connectivity index (χ4v) is 3.24. The monoisotopic (exact) mass is 380 g/mol. The Bertz CT molecular complexity index is 868. The van der Waals surface area contributed by atoms with Gasteiger partial charge in [-0.3, -0.25) is 14.4 Å². The van der Waals surface area contributed by atoms with E-state index in [4.69, 9.17) is 0 Å². The number of carbonyl (C=O) groups excluding carboxylic acids is 3. The minimum absolute atomic E-state index is 0.0361. The Morgan fingerprint density at radius 1 is 0.857 bits per heavy atom. The molecule has 1 heterocycles. The number of ketones is 1. The Labute approximate surface area is 164 Å². The molecule has 146 valence electrons. The summed E-state index contributed by atoms with van der Waals surface area (Å²) in [6, 6.07) is 13.6. The number of piperazine rings is 1. The molecule has 0 spiro atoms. The molecule has 6 heteroatoms. The van der Waals surface area contributed by atoms with Gasteiger partial charge in [-0.1, -0.05) is 35.9 Å². The zero-order chi connectivity index (χ0) is 20.1. The van der Waals surface area contributed by atoms with Crippen molar-refractivity contribution in [3.05, 3.63) is 65.2 Å².